The predicted octanol–water partition coefficient (Wildman–Crippen LogP) is 1.95. The lowest BCUT2D eigenvalue weighted by atomic mass is 9.59. The van der Waals surface area contributed by atoms with Crippen LogP contribution in [-0.2, 0) is 11.3 Å². The number of aromatic nitrogens is 2. The van der Waals surface area contributed by atoms with Gasteiger partial charge in [-0.25, -0.2) is 4.79 Å². The molecule has 29 heavy (non-hydrogen) atoms. The van der Waals surface area contributed by atoms with Gasteiger partial charge in [0.25, 0.3) is 5.56 Å². The van der Waals surface area contributed by atoms with Crippen LogP contribution in [0.4, 0.5) is 0 Å². The van der Waals surface area contributed by atoms with Crippen molar-refractivity contribution in [3.63, 3.8) is 0 Å². The van der Waals surface area contributed by atoms with Crippen molar-refractivity contribution < 1.29 is 4.79 Å². The molecule has 6 heteroatoms. The third kappa shape index (κ3) is 3.01. The molecule has 0 unspecified atom stereocenters. The van der Waals surface area contributed by atoms with Crippen molar-refractivity contribution in [3.8, 4) is 0 Å². The summed E-state index contributed by atoms with van der Waals surface area (Å²) in [7, 11) is 0. The third-order valence-corrected chi connectivity index (χ3v) is 6.20. The first-order valence-corrected chi connectivity index (χ1v) is 9.86. The number of amides is 1. The molecule has 1 amide bonds. The Labute approximate surface area is 167 Å². The van der Waals surface area contributed by atoms with Crippen LogP contribution in [0.1, 0.15) is 40.5 Å². The lowest BCUT2D eigenvalue weighted by Gasteiger charge is -2.45. The minimum atomic E-state index is -0.577. The number of fused-ring (bicyclic) bond motifs is 1. The Hall–Kier alpha value is -3.41. The second-order valence-electron chi connectivity index (χ2n) is 7.83. The predicted molar refractivity (Wildman–Crippen MR) is 109 cm³/mol. The van der Waals surface area contributed by atoms with E-state index >= 15 is 0 Å². The SMILES string of the molecule is O=C(Cn1ccc(=O)[nH]c1=O)NC[C@@H]1CC2c3ccccc3C1c1ccccc12. The van der Waals surface area contributed by atoms with Gasteiger partial charge in [-0.05, 0) is 34.6 Å². The van der Waals surface area contributed by atoms with Crippen LogP contribution in [0, 0.1) is 5.92 Å². The van der Waals surface area contributed by atoms with E-state index in [-0.39, 0.29) is 18.4 Å². The fraction of sp³-hybridized carbons (Fsp3) is 0.261. The molecule has 2 aromatic carbocycles. The van der Waals surface area contributed by atoms with Crippen molar-refractivity contribution in [2.24, 2.45) is 5.92 Å². The van der Waals surface area contributed by atoms with Crippen LogP contribution in [0.2, 0.25) is 0 Å². The van der Waals surface area contributed by atoms with E-state index in [0.29, 0.717) is 18.4 Å². The second-order valence-corrected chi connectivity index (χ2v) is 7.83. The van der Waals surface area contributed by atoms with Gasteiger partial charge in [-0.2, -0.15) is 0 Å². The summed E-state index contributed by atoms with van der Waals surface area (Å²) in [6.07, 6.45) is 2.34. The second kappa shape index (κ2) is 6.88. The Morgan fingerprint density at radius 2 is 1.59 bits per heavy atom. The molecule has 2 bridgehead atoms. The summed E-state index contributed by atoms with van der Waals surface area (Å²) in [5.74, 6) is 0.697. The molecule has 0 saturated heterocycles. The maximum Gasteiger partial charge on any atom is 0.328 e. The Kier molecular flexibility index (Phi) is 4.19. The number of carbonyl (C=O) groups is 1. The van der Waals surface area contributed by atoms with Gasteiger partial charge in [0.05, 0.1) is 0 Å². The summed E-state index contributed by atoms with van der Waals surface area (Å²) in [5.41, 5.74) is 4.48. The van der Waals surface area contributed by atoms with E-state index in [1.54, 1.807) is 0 Å². The lowest BCUT2D eigenvalue weighted by Crippen LogP contribution is -2.41. The zero-order valence-corrected chi connectivity index (χ0v) is 15.8. The van der Waals surface area contributed by atoms with Crippen molar-refractivity contribution in [3.05, 3.63) is 104 Å². The molecule has 3 aliphatic carbocycles. The maximum absolute atomic E-state index is 12.4. The fourth-order valence-corrected chi connectivity index (χ4v) is 4.98. The van der Waals surface area contributed by atoms with Crippen LogP contribution >= 0.6 is 0 Å². The maximum atomic E-state index is 12.4. The molecule has 0 radical (unpaired) electrons. The number of rotatable bonds is 4. The fourth-order valence-electron chi connectivity index (χ4n) is 4.98. The van der Waals surface area contributed by atoms with E-state index in [1.165, 1.54) is 39.1 Å². The molecule has 0 fully saturated rings. The lowest BCUT2D eigenvalue weighted by molar-refractivity contribution is -0.122. The standard InChI is InChI=1S/C23H21N3O3/c27-20-9-10-26(23(29)25-20)13-21(28)24-12-14-11-19-15-5-1-3-7-17(15)22(14)18-8-4-2-6-16(18)19/h1-10,14,19,22H,11-13H2,(H,24,28)(H,25,27,29)/t14-,19?,22?/m0/s1. The highest BCUT2D eigenvalue weighted by Gasteiger charge is 2.42. The van der Waals surface area contributed by atoms with E-state index in [4.69, 9.17) is 0 Å². The minimum Gasteiger partial charge on any atom is -0.354 e. The van der Waals surface area contributed by atoms with Crippen LogP contribution in [0.3, 0.4) is 0 Å². The molecule has 0 spiro atoms. The van der Waals surface area contributed by atoms with Crippen LogP contribution in [-0.4, -0.2) is 22.0 Å². The van der Waals surface area contributed by atoms with Gasteiger partial charge < -0.3 is 5.32 Å². The van der Waals surface area contributed by atoms with Gasteiger partial charge in [-0.15, -0.1) is 0 Å². The summed E-state index contributed by atoms with van der Waals surface area (Å²) in [4.78, 5) is 37.5. The zero-order valence-electron chi connectivity index (χ0n) is 15.8. The molecule has 3 aromatic rings. The van der Waals surface area contributed by atoms with E-state index in [1.807, 2.05) is 0 Å². The Morgan fingerprint density at radius 3 is 2.21 bits per heavy atom. The molecule has 1 atom stereocenters. The molecular weight excluding hydrogens is 366 g/mol. The van der Waals surface area contributed by atoms with Crippen molar-refractivity contribution >= 4 is 5.91 Å². The Morgan fingerprint density at radius 1 is 0.966 bits per heavy atom. The molecule has 1 heterocycles. The number of aromatic amines is 1. The van der Waals surface area contributed by atoms with Crippen LogP contribution in [0.5, 0.6) is 0 Å². The number of H-pyrrole nitrogens is 1. The topological polar surface area (TPSA) is 84.0 Å². The molecule has 6 nitrogen and oxygen atoms in total. The summed E-state index contributed by atoms with van der Waals surface area (Å²) in [6, 6.07) is 18.5. The number of benzene rings is 2. The highest BCUT2D eigenvalue weighted by Crippen LogP contribution is 2.55. The average molecular weight is 387 g/mol. The first kappa shape index (κ1) is 17.7. The van der Waals surface area contributed by atoms with E-state index in [9.17, 15) is 14.4 Å². The Balaban J connectivity index is 1.36. The minimum absolute atomic E-state index is 0.108. The normalized spacial score (nSPS) is 21.3. The smallest absolute Gasteiger partial charge is 0.328 e. The summed E-state index contributed by atoms with van der Waals surface area (Å²) in [5, 5.41) is 3.00. The molecule has 1 aromatic heterocycles. The monoisotopic (exact) mass is 387 g/mol. The summed E-state index contributed by atoms with van der Waals surface area (Å²) >= 11 is 0. The average Bonchev–Trinajstić information content (AvgIpc) is 2.74. The van der Waals surface area contributed by atoms with E-state index < -0.39 is 11.2 Å². The van der Waals surface area contributed by atoms with Gasteiger partial charge in [0.15, 0.2) is 0 Å². The molecule has 6 rings (SSSR count). The van der Waals surface area contributed by atoms with Gasteiger partial charge >= 0.3 is 5.69 Å². The van der Waals surface area contributed by atoms with Crippen molar-refractivity contribution in [1.29, 1.82) is 0 Å². The number of nitrogens with zero attached hydrogens (tertiary/aromatic N) is 1. The molecular formula is C23H21N3O3. The van der Waals surface area contributed by atoms with Crippen LogP contribution in [0.25, 0.3) is 0 Å². The highest BCUT2D eigenvalue weighted by molar-refractivity contribution is 5.75. The van der Waals surface area contributed by atoms with E-state index in [0.717, 1.165) is 6.42 Å². The van der Waals surface area contributed by atoms with Gasteiger partial charge in [0.1, 0.15) is 6.54 Å². The number of hydrogen-bond donors (Lipinski definition) is 2. The number of nitrogens with one attached hydrogen (secondary N) is 2. The molecule has 2 N–H and O–H groups in total. The largest absolute Gasteiger partial charge is 0.354 e. The highest BCUT2D eigenvalue weighted by atomic mass is 16.2. The quantitative estimate of drug-likeness (QED) is 0.718. The number of hydrogen-bond acceptors (Lipinski definition) is 3. The van der Waals surface area contributed by atoms with Crippen molar-refractivity contribution in [2.75, 3.05) is 6.54 Å². The van der Waals surface area contributed by atoms with Crippen molar-refractivity contribution in [2.45, 2.75) is 24.8 Å². The molecule has 3 aliphatic rings. The van der Waals surface area contributed by atoms with Gasteiger partial charge in [-0.1, -0.05) is 48.5 Å². The van der Waals surface area contributed by atoms with Gasteiger partial charge in [0, 0.05) is 30.6 Å². The molecule has 0 saturated carbocycles. The van der Waals surface area contributed by atoms with Crippen molar-refractivity contribution in [1.82, 2.24) is 14.9 Å². The number of carbonyl (C=O) groups excluding carboxylic acids is 1. The first-order chi connectivity index (χ1) is 14.1. The van der Waals surface area contributed by atoms with Crippen LogP contribution < -0.4 is 16.6 Å². The Bertz CT molecular complexity index is 1160. The first-order valence-electron chi connectivity index (χ1n) is 9.86. The summed E-state index contributed by atoms with van der Waals surface area (Å²) in [6.45, 7) is 0.449. The zero-order chi connectivity index (χ0) is 20.0. The van der Waals surface area contributed by atoms with E-state index in [2.05, 4.69) is 58.8 Å². The molecule has 146 valence electrons. The molecule has 0 aliphatic heterocycles. The van der Waals surface area contributed by atoms with Gasteiger partial charge in [0.2, 0.25) is 5.91 Å². The van der Waals surface area contributed by atoms with Gasteiger partial charge in [-0.3, -0.25) is 19.1 Å². The van der Waals surface area contributed by atoms with Crippen LogP contribution in [0.15, 0.2) is 70.4 Å². The third-order valence-electron chi connectivity index (χ3n) is 6.20. The summed E-state index contributed by atoms with van der Waals surface area (Å²) < 4.78 is 1.20.